The lowest BCUT2D eigenvalue weighted by Crippen LogP contribution is -2.39. The van der Waals surface area contributed by atoms with Gasteiger partial charge in [-0.2, -0.15) is 0 Å². The van der Waals surface area contributed by atoms with Gasteiger partial charge in [0, 0.05) is 13.2 Å². The van der Waals surface area contributed by atoms with Crippen LogP contribution in [0.3, 0.4) is 0 Å². The first kappa shape index (κ1) is 13.9. The summed E-state index contributed by atoms with van der Waals surface area (Å²) in [5.74, 6) is -0.0295. The quantitative estimate of drug-likeness (QED) is 0.625. The van der Waals surface area contributed by atoms with Crippen molar-refractivity contribution in [3.8, 4) is 0 Å². The van der Waals surface area contributed by atoms with Crippen LogP contribution in [0.25, 0.3) is 0 Å². The highest BCUT2D eigenvalue weighted by Crippen LogP contribution is 1.86. The first-order chi connectivity index (χ1) is 7.06. The second-order valence-corrected chi connectivity index (χ2v) is 3.61. The van der Waals surface area contributed by atoms with Crippen LogP contribution < -0.4 is 10.6 Å². The largest absolute Gasteiger partial charge is 0.372 e. The molecular formula is C10H20N2O3. The van der Waals surface area contributed by atoms with Crippen molar-refractivity contribution in [1.29, 1.82) is 0 Å². The Morgan fingerprint density at radius 3 is 2.40 bits per heavy atom. The standard InChI is InChI=1S/C10H20N2O3/c1-4-15-7-10(14)12-6-9(13)11-5-8(2)3/h8H,4-7H2,1-3H3,(H,11,13)(H,12,14). The van der Waals surface area contributed by atoms with Crippen molar-refractivity contribution in [3.05, 3.63) is 0 Å². The lowest BCUT2D eigenvalue weighted by atomic mass is 10.2. The molecule has 5 heteroatoms. The lowest BCUT2D eigenvalue weighted by molar-refractivity contribution is -0.128. The number of carbonyl (C=O) groups is 2. The lowest BCUT2D eigenvalue weighted by Gasteiger charge is -2.08. The minimum absolute atomic E-state index is 0.00790. The Morgan fingerprint density at radius 2 is 1.87 bits per heavy atom. The van der Waals surface area contributed by atoms with E-state index in [-0.39, 0.29) is 25.0 Å². The average Bonchev–Trinajstić information content (AvgIpc) is 2.20. The first-order valence-corrected chi connectivity index (χ1v) is 5.17. The molecule has 0 spiro atoms. The predicted molar refractivity (Wildman–Crippen MR) is 57.4 cm³/mol. The molecule has 0 bridgehead atoms. The molecule has 0 aliphatic heterocycles. The van der Waals surface area contributed by atoms with Gasteiger partial charge in [0.25, 0.3) is 0 Å². The normalized spacial score (nSPS) is 10.1. The van der Waals surface area contributed by atoms with Gasteiger partial charge in [0.1, 0.15) is 6.61 Å². The average molecular weight is 216 g/mol. The smallest absolute Gasteiger partial charge is 0.246 e. The van der Waals surface area contributed by atoms with Gasteiger partial charge in [-0.1, -0.05) is 13.8 Å². The van der Waals surface area contributed by atoms with E-state index < -0.39 is 0 Å². The van der Waals surface area contributed by atoms with Crippen molar-refractivity contribution in [2.45, 2.75) is 20.8 Å². The van der Waals surface area contributed by atoms with Gasteiger partial charge >= 0.3 is 0 Å². The second kappa shape index (κ2) is 8.23. The van der Waals surface area contributed by atoms with Crippen LogP contribution in [-0.2, 0) is 14.3 Å². The highest BCUT2D eigenvalue weighted by Gasteiger charge is 2.05. The molecule has 2 N–H and O–H groups in total. The summed E-state index contributed by atoms with van der Waals surface area (Å²) in [5, 5.41) is 5.16. The van der Waals surface area contributed by atoms with Crippen LogP contribution in [0.15, 0.2) is 0 Å². The number of carbonyl (C=O) groups excluding carboxylic acids is 2. The van der Waals surface area contributed by atoms with E-state index in [2.05, 4.69) is 10.6 Å². The zero-order valence-electron chi connectivity index (χ0n) is 9.63. The number of hydrogen-bond donors (Lipinski definition) is 2. The first-order valence-electron chi connectivity index (χ1n) is 5.17. The Hall–Kier alpha value is -1.10. The third kappa shape index (κ3) is 9.21. The molecule has 15 heavy (non-hydrogen) atoms. The Bertz CT molecular complexity index is 205. The maximum Gasteiger partial charge on any atom is 0.246 e. The fourth-order valence-corrected chi connectivity index (χ4v) is 0.805. The van der Waals surface area contributed by atoms with Crippen LogP contribution in [0.5, 0.6) is 0 Å². The van der Waals surface area contributed by atoms with Crippen molar-refractivity contribution in [1.82, 2.24) is 10.6 Å². The van der Waals surface area contributed by atoms with Crippen LogP contribution in [0, 0.1) is 5.92 Å². The van der Waals surface area contributed by atoms with Crippen LogP contribution in [0.2, 0.25) is 0 Å². The molecule has 0 heterocycles. The fourth-order valence-electron chi connectivity index (χ4n) is 0.805. The Kier molecular flexibility index (Phi) is 7.62. The molecule has 0 fully saturated rings. The highest BCUT2D eigenvalue weighted by atomic mass is 16.5. The third-order valence-corrected chi connectivity index (χ3v) is 1.59. The van der Waals surface area contributed by atoms with Gasteiger partial charge in [0.05, 0.1) is 6.54 Å². The van der Waals surface area contributed by atoms with E-state index in [4.69, 9.17) is 4.74 Å². The van der Waals surface area contributed by atoms with Crippen LogP contribution in [0.1, 0.15) is 20.8 Å². The molecule has 0 aromatic rings. The fraction of sp³-hybridized carbons (Fsp3) is 0.800. The van der Waals surface area contributed by atoms with Gasteiger partial charge in [0.2, 0.25) is 11.8 Å². The van der Waals surface area contributed by atoms with E-state index in [0.29, 0.717) is 19.1 Å². The molecular weight excluding hydrogens is 196 g/mol. The molecule has 0 radical (unpaired) electrons. The maximum atomic E-state index is 11.2. The van der Waals surface area contributed by atoms with Crippen LogP contribution in [0.4, 0.5) is 0 Å². The van der Waals surface area contributed by atoms with Crippen molar-refractivity contribution in [2.24, 2.45) is 5.92 Å². The Morgan fingerprint density at radius 1 is 1.20 bits per heavy atom. The summed E-state index contributed by atoms with van der Waals surface area (Å²) in [6.07, 6.45) is 0. The van der Waals surface area contributed by atoms with Gasteiger partial charge in [-0.25, -0.2) is 0 Å². The molecule has 2 amide bonds. The molecule has 0 unspecified atom stereocenters. The summed E-state index contributed by atoms with van der Waals surface area (Å²) in [6.45, 7) is 6.96. The number of rotatable bonds is 7. The van der Waals surface area contributed by atoms with Crippen molar-refractivity contribution >= 4 is 11.8 Å². The molecule has 0 aliphatic rings. The van der Waals surface area contributed by atoms with E-state index in [1.54, 1.807) is 0 Å². The minimum atomic E-state index is -0.267. The van der Waals surface area contributed by atoms with E-state index in [1.807, 2.05) is 20.8 Å². The van der Waals surface area contributed by atoms with Gasteiger partial charge in [0.15, 0.2) is 0 Å². The minimum Gasteiger partial charge on any atom is -0.372 e. The Balaban J connectivity index is 3.49. The molecule has 0 aromatic heterocycles. The molecule has 0 rings (SSSR count). The molecule has 0 aromatic carbocycles. The number of ether oxygens (including phenoxy) is 1. The van der Waals surface area contributed by atoms with Gasteiger partial charge in [-0.05, 0) is 12.8 Å². The van der Waals surface area contributed by atoms with Crippen molar-refractivity contribution in [3.63, 3.8) is 0 Å². The molecule has 5 nitrogen and oxygen atoms in total. The molecule has 88 valence electrons. The second-order valence-electron chi connectivity index (χ2n) is 3.61. The number of nitrogens with one attached hydrogen (secondary N) is 2. The topological polar surface area (TPSA) is 67.4 Å². The summed E-state index contributed by atoms with van der Waals surface area (Å²) in [6, 6.07) is 0. The summed E-state index contributed by atoms with van der Waals surface area (Å²) < 4.78 is 4.88. The molecule has 0 aliphatic carbocycles. The maximum absolute atomic E-state index is 11.2. The Labute approximate surface area is 90.6 Å². The SMILES string of the molecule is CCOCC(=O)NCC(=O)NCC(C)C. The van der Waals surface area contributed by atoms with E-state index in [1.165, 1.54) is 0 Å². The van der Waals surface area contributed by atoms with E-state index >= 15 is 0 Å². The monoisotopic (exact) mass is 216 g/mol. The zero-order valence-corrected chi connectivity index (χ0v) is 9.63. The number of amides is 2. The number of hydrogen-bond acceptors (Lipinski definition) is 3. The van der Waals surface area contributed by atoms with Gasteiger partial charge in [-0.3, -0.25) is 9.59 Å². The zero-order chi connectivity index (χ0) is 11.7. The summed E-state index contributed by atoms with van der Waals surface area (Å²) in [4.78, 5) is 22.2. The summed E-state index contributed by atoms with van der Waals surface area (Å²) >= 11 is 0. The van der Waals surface area contributed by atoms with Crippen molar-refractivity contribution in [2.75, 3.05) is 26.3 Å². The van der Waals surface area contributed by atoms with Crippen LogP contribution >= 0.6 is 0 Å². The van der Waals surface area contributed by atoms with Crippen LogP contribution in [-0.4, -0.2) is 38.1 Å². The molecule has 0 saturated heterocycles. The van der Waals surface area contributed by atoms with Gasteiger partial charge < -0.3 is 15.4 Å². The molecule has 0 saturated carbocycles. The van der Waals surface area contributed by atoms with E-state index in [9.17, 15) is 9.59 Å². The summed E-state index contributed by atoms with van der Waals surface area (Å²) in [7, 11) is 0. The van der Waals surface area contributed by atoms with E-state index in [0.717, 1.165) is 0 Å². The van der Waals surface area contributed by atoms with Crippen molar-refractivity contribution < 1.29 is 14.3 Å². The van der Waals surface area contributed by atoms with Gasteiger partial charge in [-0.15, -0.1) is 0 Å². The predicted octanol–water partition coefficient (Wildman–Crippen LogP) is -0.0887. The summed E-state index contributed by atoms with van der Waals surface area (Å²) in [5.41, 5.74) is 0. The third-order valence-electron chi connectivity index (χ3n) is 1.59. The molecule has 0 atom stereocenters. The highest BCUT2D eigenvalue weighted by molar-refractivity contribution is 5.85.